The SMILES string of the molecule is Cc1cc2c(cc1OCO)C(=O)c1c(OCO)cccc1C2=O. The van der Waals surface area contributed by atoms with Crippen LogP contribution in [0.15, 0.2) is 30.3 Å². The highest BCUT2D eigenvalue weighted by atomic mass is 16.6. The minimum Gasteiger partial charge on any atom is -0.467 e. The van der Waals surface area contributed by atoms with Gasteiger partial charge in [0.1, 0.15) is 11.5 Å². The molecule has 2 N–H and O–H groups in total. The lowest BCUT2D eigenvalue weighted by Crippen LogP contribution is -2.22. The first-order chi connectivity index (χ1) is 11.1. The van der Waals surface area contributed by atoms with Crippen LogP contribution in [0.1, 0.15) is 37.4 Å². The number of ketones is 2. The summed E-state index contributed by atoms with van der Waals surface area (Å²) in [4.78, 5) is 25.5. The summed E-state index contributed by atoms with van der Waals surface area (Å²) < 4.78 is 10.1. The van der Waals surface area contributed by atoms with E-state index in [-0.39, 0.29) is 39.6 Å². The van der Waals surface area contributed by atoms with Crippen LogP contribution in [0.5, 0.6) is 11.5 Å². The molecule has 1 aliphatic carbocycles. The monoisotopic (exact) mass is 314 g/mol. The summed E-state index contributed by atoms with van der Waals surface area (Å²) in [5.74, 6) is -0.200. The molecule has 3 rings (SSSR count). The quantitative estimate of drug-likeness (QED) is 0.708. The van der Waals surface area contributed by atoms with Gasteiger partial charge in [0.25, 0.3) is 0 Å². The van der Waals surface area contributed by atoms with Crippen molar-refractivity contribution < 1.29 is 29.3 Å². The van der Waals surface area contributed by atoms with Gasteiger partial charge in [-0.15, -0.1) is 0 Å². The van der Waals surface area contributed by atoms with E-state index in [9.17, 15) is 9.59 Å². The second kappa shape index (κ2) is 5.83. The van der Waals surface area contributed by atoms with E-state index in [2.05, 4.69) is 0 Å². The normalized spacial score (nSPS) is 12.7. The zero-order valence-corrected chi connectivity index (χ0v) is 12.3. The smallest absolute Gasteiger partial charge is 0.198 e. The molecule has 0 aromatic heterocycles. The van der Waals surface area contributed by atoms with Crippen molar-refractivity contribution in [3.8, 4) is 11.5 Å². The lowest BCUT2D eigenvalue weighted by molar-refractivity contribution is 0.0903. The van der Waals surface area contributed by atoms with E-state index in [1.165, 1.54) is 12.1 Å². The minimum absolute atomic E-state index is 0.123. The van der Waals surface area contributed by atoms with Crippen molar-refractivity contribution in [3.63, 3.8) is 0 Å². The number of aliphatic hydroxyl groups is 2. The van der Waals surface area contributed by atoms with E-state index < -0.39 is 13.6 Å². The molecule has 0 bridgehead atoms. The number of aliphatic hydroxyl groups excluding tert-OH is 2. The predicted octanol–water partition coefficient (Wildman–Crippen LogP) is 1.43. The topological polar surface area (TPSA) is 93.1 Å². The number of carbonyl (C=O) groups is 2. The average Bonchev–Trinajstić information content (AvgIpc) is 2.54. The van der Waals surface area contributed by atoms with Gasteiger partial charge in [-0.3, -0.25) is 9.59 Å². The second-order valence-electron chi connectivity index (χ2n) is 5.05. The number of ether oxygens (including phenoxy) is 2. The number of aryl methyl sites for hydroxylation is 1. The average molecular weight is 314 g/mol. The van der Waals surface area contributed by atoms with Gasteiger partial charge in [-0.2, -0.15) is 0 Å². The summed E-state index contributed by atoms with van der Waals surface area (Å²) in [6.07, 6.45) is 0. The first-order valence-electron chi connectivity index (χ1n) is 6.93. The lowest BCUT2D eigenvalue weighted by atomic mass is 9.82. The molecule has 2 aromatic carbocycles. The van der Waals surface area contributed by atoms with Crippen molar-refractivity contribution in [2.45, 2.75) is 6.92 Å². The molecule has 0 heterocycles. The van der Waals surface area contributed by atoms with Crippen molar-refractivity contribution in [2.24, 2.45) is 0 Å². The molecule has 0 unspecified atom stereocenters. The van der Waals surface area contributed by atoms with E-state index in [0.29, 0.717) is 11.3 Å². The maximum atomic E-state index is 12.8. The zero-order valence-electron chi connectivity index (χ0n) is 12.3. The van der Waals surface area contributed by atoms with Gasteiger partial charge in [0.05, 0.1) is 5.56 Å². The van der Waals surface area contributed by atoms with E-state index in [1.807, 2.05) is 0 Å². The molecule has 0 radical (unpaired) electrons. The molecule has 118 valence electrons. The van der Waals surface area contributed by atoms with Crippen molar-refractivity contribution in [2.75, 3.05) is 13.6 Å². The minimum atomic E-state index is -0.600. The molecule has 6 heteroatoms. The molecule has 0 aliphatic heterocycles. The molecule has 0 saturated heterocycles. The Kier molecular flexibility index (Phi) is 3.85. The van der Waals surface area contributed by atoms with E-state index >= 15 is 0 Å². The Morgan fingerprint density at radius 2 is 1.52 bits per heavy atom. The predicted molar refractivity (Wildman–Crippen MR) is 79.9 cm³/mol. The van der Waals surface area contributed by atoms with Crippen LogP contribution in [0.3, 0.4) is 0 Å². The molecule has 0 atom stereocenters. The van der Waals surface area contributed by atoms with E-state index in [0.717, 1.165) is 0 Å². The fourth-order valence-corrected chi connectivity index (χ4v) is 2.71. The fraction of sp³-hybridized carbons (Fsp3) is 0.176. The number of carbonyl (C=O) groups excluding carboxylic acids is 2. The van der Waals surface area contributed by atoms with Gasteiger partial charge in [-0.05, 0) is 30.7 Å². The van der Waals surface area contributed by atoms with Crippen molar-refractivity contribution in [1.29, 1.82) is 0 Å². The van der Waals surface area contributed by atoms with Crippen LogP contribution in [0.25, 0.3) is 0 Å². The summed E-state index contributed by atoms with van der Waals surface area (Å²) in [6.45, 7) is 0.596. The third kappa shape index (κ3) is 2.38. The van der Waals surface area contributed by atoms with Crippen molar-refractivity contribution in [1.82, 2.24) is 0 Å². The maximum Gasteiger partial charge on any atom is 0.198 e. The molecular weight excluding hydrogens is 300 g/mol. The first-order valence-corrected chi connectivity index (χ1v) is 6.93. The summed E-state index contributed by atoms with van der Waals surface area (Å²) in [6, 6.07) is 7.68. The van der Waals surface area contributed by atoms with Gasteiger partial charge in [0.15, 0.2) is 25.2 Å². The van der Waals surface area contributed by atoms with Gasteiger partial charge < -0.3 is 19.7 Å². The lowest BCUT2D eigenvalue weighted by Gasteiger charge is -2.21. The molecule has 0 spiro atoms. The Balaban J connectivity index is 2.21. The van der Waals surface area contributed by atoms with Gasteiger partial charge in [0.2, 0.25) is 0 Å². The Morgan fingerprint density at radius 3 is 2.22 bits per heavy atom. The van der Waals surface area contributed by atoms with E-state index in [4.69, 9.17) is 19.7 Å². The fourth-order valence-electron chi connectivity index (χ4n) is 2.71. The molecule has 2 aromatic rings. The highest BCUT2D eigenvalue weighted by Crippen LogP contribution is 2.35. The van der Waals surface area contributed by atoms with Gasteiger partial charge in [-0.25, -0.2) is 0 Å². The second-order valence-corrected chi connectivity index (χ2v) is 5.05. The summed E-state index contributed by atoms with van der Waals surface area (Å²) >= 11 is 0. The van der Waals surface area contributed by atoms with E-state index in [1.54, 1.807) is 25.1 Å². The van der Waals surface area contributed by atoms with Crippen LogP contribution in [-0.2, 0) is 0 Å². The Hall–Kier alpha value is -2.70. The number of hydrogen-bond donors (Lipinski definition) is 2. The number of hydrogen-bond acceptors (Lipinski definition) is 6. The molecule has 6 nitrogen and oxygen atoms in total. The van der Waals surface area contributed by atoms with Gasteiger partial charge in [0, 0.05) is 16.7 Å². The molecular formula is C17H14O6. The molecule has 0 saturated carbocycles. The Morgan fingerprint density at radius 1 is 0.870 bits per heavy atom. The number of rotatable bonds is 4. The zero-order chi connectivity index (χ0) is 16.6. The van der Waals surface area contributed by atoms with Crippen molar-refractivity contribution in [3.05, 3.63) is 58.1 Å². The number of benzene rings is 2. The molecule has 0 fully saturated rings. The van der Waals surface area contributed by atoms with Crippen LogP contribution < -0.4 is 9.47 Å². The first kappa shape index (κ1) is 15.2. The van der Waals surface area contributed by atoms with Crippen molar-refractivity contribution >= 4 is 11.6 Å². The summed E-state index contributed by atoms with van der Waals surface area (Å²) in [5.41, 5.74) is 1.48. The van der Waals surface area contributed by atoms with Crippen LogP contribution in [-0.4, -0.2) is 35.4 Å². The van der Waals surface area contributed by atoms with Crippen LogP contribution >= 0.6 is 0 Å². The highest BCUT2D eigenvalue weighted by molar-refractivity contribution is 6.29. The molecule has 23 heavy (non-hydrogen) atoms. The van der Waals surface area contributed by atoms with Gasteiger partial charge in [-0.1, -0.05) is 12.1 Å². The van der Waals surface area contributed by atoms with Crippen LogP contribution in [0.2, 0.25) is 0 Å². The largest absolute Gasteiger partial charge is 0.467 e. The Labute approximate surface area is 131 Å². The van der Waals surface area contributed by atoms with Gasteiger partial charge >= 0.3 is 0 Å². The molecule has 0 amide bonds. The molecule has 1 aliphatic rings. The summed E-state index contributed by atoms with van der Waals surface area (Å²) in [5, 5.41) is 17.9. The highest BCUT2D eigenvalue weighted by Gasteiger charge is 2.33. The standard InChI is InChI=1S/C17H14O6/c1-9-5-11-12(6-14(9)23-8-19)17(21)15-10(16(11)20)3-2-4-13(15)22-7-18/h2-6,18-19H,7-8H2,1H3. The van der Waals surface area contributed by atoms with Crippen LogP contribution in [0.4, 0.5) is 0 Å². The Bertz CT molecular complexity index is 809. The summed E-state index contributed by atoms with van der Waals surface area (Å²) in [7, 11) is 0. The maximum absolute atomic E-state index is 12.8. The third-order valence-corrected chi connectivity index (χ3v) is 3.74. The van der Waals surface area contributed by atoms with Crippen LogP contribution in [0, 0.1) is 6.92 Å². The third-order valence-electron chi connectivity index (χ3n) is 3.74. The number of fused-ring (bicyclic) bond motifs is 2.